The summed E-state index contributed by atoms with van der Waals surface area (Å²) in [7, 11) is 2.14. The van der Waals surface area contributed by atoms with E-state index >= 15 is 0 Å². The molecule has 1 fully saturated rings. The van der Waals surface area contributed by atoms with E-state index in [0.717, 1.165) is 38.3 Å². The SMILES string of the molecule is CN(Cc1cccnc1)CC1CCCN(c2ccc([N+](=O)[O-])nc2)C1. The van der Waals surface area contributed by atoms with Gasteiger partial charge in [0.1, 0.15) is 0 Å². The van der Waals surface area contributed by atoms with E-state index in [1.807, 2.05) is 12.3 Å². The summed E-state index contributed by atoms with van der Waals surface area (Å²) in [5.74, 6) is 0.471. The lowest BCUT2D eigenvalue weighted by Crippen LogP contribution is -2.40. The molecule has 3 rings (SSSR count). The molecule has 7 heteroatoms. The normalized spacial score (nSPS) is 17.7. The molecule has 2 aromatic heterocycles. The lowest BCUT2D eigenvalue weighted by Gasteiger charge is -2.35. The third kappa shape index (κ3) is 4.73. The Hall–Kier alpha value is -2.54. The molecular weight excluding hydrogens is 318 g/mol. The van der Waals surface area contributed by atoms with Crippen molar-refractivity contribution in [2.75, 3.05) is 31.6 Å². The van der Waals surface area contributed by atoms with Gasteiger partial charge in [-0.15, -0.1) is 0 Å². The van der Waals surface area contributed by atoms with Crippen molar-refractivity contribution in [3.63, 3.8) is 0 Å². The molecule has 2 aromatic rings. The van der Waals surface area contributed by atoms with Crippen LogP contribution in [-0.2, 0) is 6.54 Å². The Morgan fingerprint density at radius 1 is 1.36 bits per heavy atom. The van der Waals surface area contributed by atoms with E-state index < -0.39 is 4.92 Å². The molecule has 0 aromatic carbocycles. The van der Waals surface area contributed by atoms with Crippen LogP contribution in [0.5, 0.6) is 0 Å². The molecule has 0 saturated carbocycles. The first-order chi connectivity index (χ1) is 12.1. The predicted molar refractivity (Wildman–Crippen MR) is 96.4 cm³/mol. The summed E-state index contributed by atoms with van der Waals surface area (Å²) in [6.45, 7) is 3.84. The van der Waals surface area contributed by atoms with Gasteiger partial charge in [-0.25, -0.2) is 0 Å². The van der Waals surface area contributed by atoms with Crippen molar-refractivity contribution < 1.29 is 4.92 Å². The van der Waals surface area contributed by atoms with Gasteiger partial charge in [0.05, 0.1) is 5.69 Å². The summed E-state index contributed by atoms with van der Waals surface area (Å²) in [5, 5.41) is 10.7. The fourth-order valence-electron chi connectivity index (χ4n) is 3.43. The van der Waals surface area contributed by atoms with Crippen molar-refractivity contribution in [2.45, 2.75) is 19.4 Å². The molecule has 0 radical (unpaired) electrons. The molecule has 0 bridgehead atoms. The first-order valence-corrected chi connectivity index (χ1v) is 8.54. The van der Waals surface area contributed by atoms with Gasteiger partial charge < -0.3 is 19.9 Å². The Kier molecular flexibility index (Phi) is 5.55. The van der Waals surface area contributed by atoms with Gasteiger partial charge in [-0.05, 0) is 53.4 Å². The lowest BCUT2D eigenvalue weighted by molar-refractivity contribution is -0.389. The summed E-state index contributed by atoms with van der Waals surface area (Å²) in [6.07, 6.45) is 7.64. The van der Waals surface area contributed by atoms with Crippen LogP contribution < -0.4 is 4.90 Å². The second-order valence-electron chi connectivity index (χ2n) is 6.64. The Bertz CT molecular complexity index is 692. The highest BCUT2D eigenvalue weighted by Crippen LogP contribution is 2.24. The molecule has 0 N–H and O–H groups in total. The standard InChI is InChI=1S/C18H23N5O2/c1-21(12-15-4-2-8-19-10-15)13-16-5-3-9-22(14-16)17-6-7-18(20-11-17)23(24)25/h2,4,6-8,10-11,16H,3,5,9,12-14H2,1H3. The van der Waals surface area contributed by atoms with Crippen LogP contribution in [0.15, 0.2) is 42.9 Å². The number of anilines is 1. The van der Waals surface area contributed by atoms with E-state index in [0.29, 0.717) is 5.92 Å². The Labute approximate surface area is 147 Å². The van der Waals surface area contributed by atoms with E-state index in [4.69, 9.17) is 0 Å². The number of aromatic nitrogens is 2. The van der Waals surface area contributed by atoms with Crippen LogP contribution in [0.1, 0.15) is 18.4 Å². The Morgan fingerprint density at radius 2 is 2.24 bits per heavy atom. The van der Waals surface area contributed by atoms with E-state index in [-0.39, 0.29) is 5.82 Å². The van der Waals surface area contributed by atoms with Gasteiger partial charge in [0.15, 0.2) is 6.20 Å². The molecule has 1 saturated heterocycles. The van der Waals surface area contributed by atoms with Gasteiger partial charge in [0.25, 0.3) is 0 Å². The second-order valence-corrected chi connectivity index (χ2v) is 6.64. The molecule has 3 heterocycles. The minimum Gasteiger partial charge on any atom is -0.368 e. The fraction of sp³-hybridized carbons (Fsp3) is 0.444. The number of hydrogen-bond acceptors (Lipinski definition) is 6. The third-order valence-electron chi connectivity index (χ3n) is 4.55. The van der Waals surface area contributed by atoms with Crippen molar-refractivity contribution in [3.8, 4) is 0 Å². The number of hydrogen-bond donors (Lipinski definition) is 0. The van der Waals surface area contributed by atoms with E-state index in [9.17, 15) is 10.1 Å². The zero-order chi connectivity index (χ0) is 17.6. The number of pyridine rings is 2. The van der Waals surface area contributed by atoms with Crippen LogP contribution in [-0.4, -0.2) is 46.5 Å². The van der Waals surface area contributed by atoms with E-state index in [1.165, 1.54) is 18.1 Å². The molecule has 1 atom stereocenters. The molecule has 0 aliphatic carbocycles. The van der Waals surface area contributed by atoms with Crippen LogP contribution in [0.2, 0.25) is 0 Å². The number of nitro groups is 1. The van der Waals surface area contributed by atoms with Gasteiger partial charge in [0, 0.05) is 44.6 Å². The van der Waals surface area contributed by atoms with Crippen LogP contribution in [0.3, 0.4) is 0 Å². The van der Waals surface area contributed by atoms with Crippen LogP contribution in [0.4, 0.5) is 11.5 Å². The zero-order valence-electron chi connectivity index (χ0n) is 14.4. The quantitative estimate of drug-likeness (QED) is 0.594. The summed E-state index contributed by atoms with van der Waals surface area (Å²) in [6, 6.07) is 7.34. The molecule has 1 aliphatic heterocycles. The minimum atomic E-state index is -0.462. The maximum Gasteiger partial charge on any atom is 0.363 e. The largest absolute Gasteiger partial charge is 0.368 e. The van der Waals surface area contributed by atoms with Gasteiger partial charge >= 0.3 is 5.82 Å². The van der Waals surface area contributed by atoms with E-state index in [2.05, 4.69) is 32.9 Å². The van der Waals surface area contributed by atoms with Crippen LogP contribution in [0, 0.1) is 16.0 Å². The molecule has 132 valence electrons. The summed E-state index contributed by atoms with van der Waals surface area (Å²) in [4.78, 5) is 23.0. The lowest BCUT2D eigenvalue weighted by atomic mass is 9.97. The zero-order valence-corrected chi connectivity index (χ0v) is 14.4. The maximum absolute atomic E-state index is 10.7. The molecule has 25 heavy (non-hydrogen) atoms. The van der Waals surface area contributed by atoms with Crippen LogP contribution >= 0.6 is 0 Å². The number of rotatable bonds is 6. The first-order valence-electron chi connectivity index (χ1n) is 8.54. The van der Waals surface area contributed by atoms with E-state index in [1.54, 1.807) is 18.5 Å². The topological polar surface area (TPSA) is 75.4 Å². The molecule has 0 amide bonds. The van der Waals surface area contributed by atoms with Gasteiger partial charge in [0.2, 0.25) is 0 Å². The van der Waals surface area contributed by atoms with Crippen molar-refractivity contribution >= 4 is 11.5 Å². The average molecular weight is 341 g/mol. The van der Waals surface area contributed by atoms with Gasteiger partial charge in [-0.3, -0.25) is 4.98 Å². The van der Waals surface area contributed by atoms with Crippen LogP contribution in [0.25, 0.3) is 0 Å². The second kappa shape index (κ2) is 8.02. The van der Waals surface area contributed by atoms with Crippen molar-refractivity contribution in [1.82, 2.24) is 14.9 Å². The monoisotopic (exact) mass is 341 g/mol. The van der Waals surface area contributed by atoms with Crippen molar-refractivity contribution in [2.24, 2.45) is 5.92 Å². The highest BCUT2D eigenvalue weighted by atomic mass is 16.6. The molecule has 1 aliphatic rings. The van der Waals surface area contributed by atoms with Gasteiger partial charge in [-0.2, -0.15) is 0 Å². The van der Waals surface area contributed by atoms with Crippen molar-refractivity contribution in [3.05, 3.63) is 58.5 Å². The molecule has 1 unspecified atom stereocenters. The smallest absolute Gasteiger partial charge is 0.363 e. The van der Waals surface area contributed by atoms with Gasteiger partial charge in [-0.1, -0.05) is 6.07 Å². The maximum atomic E-state index is 10.7. The number of nitrogens with zero attached hydrogens (tertiary/aromatic N) is 5. The fourth-order valence-corrected chi connectivity index (χ4v) is 3.43. The summed E-state index contributed by atoms with van der Waals surface area (Å²) >= 11 is 0. The molecule has 0 spiro atoms. The predicted octanol–water partition coefficient (Wildman–Crippen LogP) is 2.73. The average Bonchev–Trinajstić information content (AvgIpc) is 2.63. The summed E-state index contributed by atoms with van der Waals surface area (Å²) in [5.41, 5.74) is 2.18. The Balaban J connectivity index is 1.56. The number of piperidine rings is 1. The molecular formula is C18H23N5O2. The first kappa shape index (κ1) is 17.3. The Morgan fingerprint density at radius 3 is 2.92 bits per heavy atom. The third-order valence-corrected chi connectivity index (χ3v) is 4.55. The van der Waals surface area contributed by atoms with Crippen molar-refractivity contribution in [1.29, 1.82) is 0 Å². The minimum absolute atomic E-state index is 0.103. The molecule has 7 nitrogen and oxygen atoms in total. The summed E-state index contributed by atoms with van der Waals surface area (Å²) < 4.78 is 0. The highest BCUT2D eigenvalue weighted by molar-refractivity contribution is 5.46. The highest BCUT2D eigenvalue weighted by Gasteiger charge is 2.22.